The van der Waals surface area contributed by atoms with Crippen LogP contribution in [0.5, 0.6) is 0 Å². The molecule has 0 saturated carbocycles. The van der Waals surface area contributed by atoms with Crippen molar-refractivity contribution in [2.75, 3.05) is 20.4 Å². The second-order valence-electron chi connectivity index (χ2n) is 5.10. The normalized spacial score (nSPS) is 12.4. The molecule has 0 aliphatic carbocycles. The lowest BCUT2D eigenvalue weighted by Crippen LogP contribution is -2.29. The molecule has 0 aliphatic rings. The molecule has 0 fully saturated rings. The Hall–Kier alpha value is -0.960. The SMILES string of the molecule is COP(=O)(CC(=O)C(C)(C)Cc1ccccc1)OC. The van der Waals surface area contributed by atoms with Crippen molar-refractivity contribution < 1.29 is 18.4 Å². The smallest absolute Gasteiger partial charge is 0.312 e. The highest BCUT2D eigenvalue weighted by molar-refractivity contribution is 7.54. The van der Waals surface area contributed by atoms with E-state index in [9.17, 15) is 9.36 Å². The quantitative estimate of drug-likeness (QED) is 0.721. The fourth-order valence-electron chi connectivity index (χ4n) is 1.80. The van der Waals surface area contributed by atoms with Crippen LogP contribution in [0.15, 0.2) is 30.3 Å². The van der Waals surface area contributed by atoms with Gasteiger partial charge in [0.1, 0.15) is 6.16 Å². The van der Waals surface area contributed by atoms with Crippen LogP contribution in [-0.4, -0.2) is 26.2 Å². The average Bonchev–Trinajstić information content (AvgIpc) is 2.39. The summed E-state index contributed by atoms with van der Waals surface area (Å²) in [7, 11) is -0.701. The Morgan fingerprint density at radius 2 is 1.68 bits per heavy atom. The van der Waals surface area contributed by atoms with Crippen molar-refractivity contribution >= 4 is 13.4 Å². The standard InChI is InChI=1S/C14H21O4P/c1-14(2,10-12-8-6-5-7-9-12)13(15)11-19(16,17-3)18-4/h5-9H,10-11H2,1-4H3. The first-order valence-electron chi connectivity index (χ1n) is 6.11. The molecule has 0 radical (unpaired) electrons. The van der Waals surface area contributed by atoms with Crippen molar-refractivity contribution in [2.24, 2.45) is 5.41 Å². The zero-order valence-electron chi connectivity index (χ0n) is 11.9. The molecule has 0 bridgehead atoms. The molecule has 0 aromatic heterocycles. The van der Waals surface area contributed by atoms with Crippen molar-refractivity contribution in [3.63, 3.8) is 0 Å². The van der Waals surface area contributed by atoms with Crippen LogP contribution in [0.2, 0.25) is 0 Å². The molecular formula is C14H21O4P. The van der Waals surface area contributed by atoms with Gasteiger partial charge in [0.2, 0.25) is 0 Å². The van der Waals surface area contributed by atoms with Crippen LogP contribution < -0.4 is 0 Å². The molecule has 0 saturated heterocycles. The van der Waals surface area contributed by atoms with Crippen LogP contribution in [0.1, 0.15) is 19.4 Å². The Labute approximate surface area is 114 Å². The summed E-state index contributed by atoms with van der Waals surface area (Å²) in [5.74, 6) is -0.122. The summed E-state index contributed by atoms with van der Waals surface area (Å²) in [6.07, 6.45) is 0.403. The molecule has 0 unspecified atom stereocenters. The maximum Gasteiger partial charge on any atom is 0.337 e. The minimum Gasteiger partial charge on any atom is -0.312 e. The lowest BCUT2D eigenvalue weighted by atomic mass is 9.82. The van der Waals surface area contributed by atoms with Gasteiger partial charge in [-0.05, 0) is 12.0 Å². The van der Waals surface area contributed by atoms with Crippen LogP contribution in [0.25, 0.3) is 0 Å². The molecule has 106 valence electrons. The molecule has 4 nitrogen and oxygen atoms in total. The molecule has 0 aliphatic heterocycles. The van der Waals surface area contributed by atoms with E-state index in [1.807, 2.05) is 44.2 Å². The number of rotatable bonds is 7. The van der Waals surface area contributed by atoms with E-state index in [2.05, 4.69) is 0 Å². The molecular weight excluding hydrogens is 263 g/mol. The highest BCUT2D eigenvalue weighted by Gasteiger charge is 2.34. The van der Waals surface area contributed by atoms with E-state index in [0.29, 0.717) is 6.42 Å². The lowest BCUT2D eigenvalue weighted by molar-refractivity contribution is -0.124. The van der Waals surface area contributed by atoms with Gasteiger partial charge in [-0.2, -0.15) is 0 Å². The molecule has 1 aromatic carbocycles. The van der Waals surface area contributed by atoms with Gasteiger partial charge in [-0.1, -0.05) is 44.2 Å². The lowest BCUT2D eigenvalue weighted by Gasteiger charge is -2.25. The molecule has 0 N–H and O–H groups in total. The highest BCUT2D eigenvalue weighted by atomic mass is 31.2. The Balaban J connectivity index is 2.77. The van der Waals surface area contributed by atoms with Crippen molar-refractivity contribution in [2.45, 2.75) is 20.3 Å². The van der Waals surface area contributed by atoms with Crippen LogP contribution in [0.4, 0.5) is 0 Å². The van der Waals surface area contributed by atoms with E-state index < -0.39 is 13.0 Å². The van der Waals surface area contributed by atoms with Crippen molar-refractivity contribution in [1.29, 1.82) is 0 Å². The van der Waals surface area contributed by atoms with Gasteiger partial charge < -0.3 is 9.05 Å². The Morgan fingerprint density at radius 1 is 1.16 bits per heavy atom. The number of carbonyl (C=O) groups is 1. The predicted octanol–water partition coefficient (Wildman–Crippen LogP) is 3.31. The summed E-state index contributed by atoms with van der Waals surface area (Å²) in [5, 5.41) is 0. The molecule has 5 heteroatoms. The Kier molecular flexibility index (Phi) is 5.48. The fourth-order valence-corrected chi connectivity index (χ4v) is 2.99. The zero-order valence-corrected chi connectivity index (χ0v) is 12.8. The number of hydrogen-bond acceptors (Lipinski definition) is 4. The van der Waals surface area contributed by atoms with E-state index in [-0.39, 0.29) is 11.9 Å². The monoisotopic (exact) mass is 284 g/mol. The molecule has 0 atom stereocenters. The highest BCUT2D eigenvalue weighted by Crippen LogP contribution is 2.47. The summed E-state index contributed by atoms with van der Waals surface area (Å²) in [6, 6.07) is 9.75. The minimum atomic E-state index is -3.29. The van der Waals surface area contributed by atoms with Crippen molar-refractivity contribution in [3.05, 3.63) is 35.9 Å². The molecule has 0 spiro atoms. The number of benzene rings is 1. The van der Waals surface area contributed by atoms with Gasteiger partial charge in [-0.15, -0.1) is 0 Å². The first-order chi connectivity index (χ1) is 8.83. The van der Waals surface area contributed by atoms with Gasteiger partial charge in [-0.25, -0.2) is 0 Å². The van der Waals surface area contributed by atoms with E-state index in [0.717, 1.165) is 5.56 Å². The topological polar surface area (TPSA) is 52.6 Å². The van der Waals surface area contributed by atoms with Crippen LogP contribution in [0.3, 0.4) is 0 Å². The second kappa shape index (κ2) is 6.47. The second-order valence-corrected chi connectivity index (χ2v) is 7.37. The fraction of sp³-hybridized carbons (Fsp3) is 0.500. The summed E-state index contributed by atoms with van der Waals surface area (Å²) >= 11 is 0. The zero-order chi connectivity index (χ0) is 14.5. The maximum absolute atomic E-state index is 12.3. The minimum absolute atomic E-state index is 0.122. The number of ketones is 1. The molecule has 0 amide bonds. The van der Waals surface area contributed by atoms with E-state index in [4.69, 9.17) is 9.05 Å². The summed E-state index contributed by atoms with van der Waals surface area (Å²) < 4.78 is 21.6. The van der Waals surface area contributed by atoms with Gasteiger partial charge in [0.05, 0.1) is 0 Å². The van der Waals surface area contributed by atoms with Crippen LogP contribution >= 0.6 is 7.60 Å². The summed E-state index contributed by atoms with van der Waals surface area (Å²) in [4.78, 5) is 12.3. The van der Waals surface area contributed by atoms with Crippen molar-refractivity contribution in [1.82, 2.24) is 0 Å². The van der Waals surface area contributed by atoms with Gasteiger partial charge in [0.25, 0.3) is 0 Å². The third-order valence-electron chi connectivity index (χ3n) is 3.14. The van der Waals surface area contributed by atoms with Crippen LogP contribution in [-0.2, 0) is 24.8 Å². The van der Waals surface area contributed by atoms with Crippen LogP contribution in [0, 0.1) is 5.41 Å². The average molecular weight is 284 g/mol. The first-order valence-corrected chi connectivity index (χ1v) is 7.83. The van der Waals surface area contributed by atoms with E-state index >= 15 is 0 Å². The van der Waals surface area contributed by atoms with Crippen molar-refractivity contribution in [3.8, 4) is 0 Å². The third-order valence-corrected chi connectivity index (χ3v) is 4.92. The predicted molar refractivity (Wildman–Crippen MR) is 75.4 cm³/mol. The molecule has 1 aromatic rings. The van der Waals surface area contributed by atoms with Gasteiger partial charge in [0, 0.05) is 19.6 Å². The summed E-state index contributed by atoms with van der Waals surface area (Å²) in [5.41, 5.74) is 0.471. The number of Topliss-reactive ketones (excluding diaryl/α,β-unsaturated/α-hetero) is 1. The molecule has 0 heterocycles. The molecule has 1 rings (SSSR count). The van der Waals surface area contributed by atoms with Gasteiger partial charge in [0.15, 0.2) is 5.78 Å². The van der Waals surface area contributed by atoms with E-state index in [1.165, 1.54) is 14.2 Å². The maximum atomic E-state index is 12.3. The van der Waals surface area contributed by atoms with Gasteiger partial charge in [-0.3, -0.25) is 9.36 Å². The summed E-state index contributed by atoms with van der Waals surface area (Å²) in [6.45, 7) is 3.69. The number of hydrogen-bond donors (Lipinski definition) is 0. The first kappa shape index (κ1) is 16.1. The van der Waals surface area contributed by atoms with E-state index in [1.54, 1.807) is 0 Å². The molecule has 19 heavy (non-hydrogen) atoms. The largest absolute Gasteiger partial charge is 0.337 e. The van der Waals surface area contributed by atoms with Gasteiger partial charge >= 0.3 is 7.60 Å². The Morgan fingerprint density at radius 3 is 2.16 bits per heavy atom. The number of carbonyl (C=O) groups excluding carboxylic acids is 1. The third kappa shape index (κ3) is 4.57. The Bertz CT molecular complexity index is 460.